The number of nitrogens with zero attached hydrogens (tertiary/aromatic N) is 1. The molecule has 0 amide bonds. The standard InChI is InChI=1S/C9H8FNO5S/c1-16-7-3-8(17-4-9(12)13)5(10)2-6(7)11(14)15/h2-3H,4H2,1H3,(H,12,13). The maximum atomic E-state index is 13.4. The van der Waals surface area contributed by atoms with Crippen molar-refractivity contribution in [3.05, 3.63) is 28.1 Å². The van der Waals surface area contributed by atoms with Crippen LogP contribution in [0.25, 0.3) is 0 Å². The number of nitro benzene ring substituents is 1. The maximum Gasteiger partial charge on any atom is 0.313 e. The summed E-state index contributed by atoms with van der Waals surface area (Å²) in [6.07, 6.45) is 0. The van der Waals surface area contributed by atoms with E-state index in [1.54, 1.807) is 0 Å². The first-order valence-corrected chi connectivity index (χ1v) is 5.30. The first kappa shape index (κ1) is 13.2. The molecule has 8 heteroatoms. The molecule has 1 aromatic carbocycles. The van der Waals surface area contributed by atoms with Crippen LogP contribution in [-0.4, -0.2) is 28.9 Å². The van der Waals surface area contributed by atoms with Crippen molar-refractivity contribution in [1.82, 2.24) is 0 Å². The second kappa shape index (κ2) is 5.48. The molecule has 0 saturated heterocycles. The Labute approximate surface area is 99.5 Å². The molecule has 0 radical (unpaired) electrons. The van der Waals surface area contributed by atoms with Crippen LogP contribution < -0.4 is 4.74 Å². The Bertz CT molecular complexity index is 465. The number of aliphatic carboxylic acids is 1. The van der Waals surface area contributed by atoms with Crippen molar-refractivity contribution in [2.45, 2.75) is 4.90 Å². The monoisotopic (exact) mass is 261 g/mol. The third-order valence-corrected chi connectivity index (χ3v) is 2.80. The zero-order valence-corrected chi connectivity index (χ0v) is 9.49. The number of hydrogen-bond donors (Lipinski definition) is 1. The zero-order chi connectivity index (χ0) is 13.0. The van der Waals surface area contributed by atoms with Crippen molar-refractivity contribution in [3.63, 3.8) is 0 Å². The topological polar surface area (TPSA) is 89.7 Å². The van der Waals surface area contributed by atoms with Crippen LogP contribution in [0.5, 0.6) is 5.75 Å². The van der Waals surface area contributed by atoms with Crippen molar-refractivity contribution < 1.29 is 24.0 Å². The maximum absolute atomic E-state index is 13.4. The number of halogens is 1. The number of rotatable bonds is 5. The smallest absolute Gasteiger partial charge is 0.313 e. The van der Waals surface area contributed by atoms with E-state index in [0.29, 0.717) is 6.07 Å². The lowest BCUT2D eigenvalue weighted by Gasteiger charge is -2.05. The Balaban J connectivity index is 3.08. The second-order valence-electron chi connectivity index (χ2n) is 2.89. The molecular weight excluding hydrogens is 253 g/mol. The zero-order valence-electron chi connectivity index (χ0n) is 8.68. The number of carboxylic acids is 1. The van der Waals surface area contributed by atoms with E-state index in [-0.39, 0.29) is 16.4 Å². The van der Waals surface area contributed by atoms with Crippen molar-refractivity contribution in [1.29, 1.82) is 0 Å². The van der Waals surface area contributed by atoms with E-state index in [1.165, 1.54) is 7.11 Å². The fourth-order valence-electron chi connectivity index (χ4n) is 1.08. The number of methoxy groups -OCH3 is 1. The highest BCUT2D eigenvalue weighted by Gasteiger charge is 2.19. The summed E-state index contributed by atoms with van der Waals surface area (Å²) >= 11 is 0.728. The quantitative estimate of drug-likeness (QED) is 0.494. The molecule has 6 nitrogen and oxygen atoms in total. The van der Waals surface area contributed by atoms with Crippen LogP contribution in [0.15, 0.2) is 17.0 Å². The van der Waals surface area contributed by atoms with Crippen molar-refractivity contribution in [2.75, 3.05) is 12.9 Å². The second-order valence-corrected chi connectivity index (χ2v) is 3.91. The molecule has 92 valence electrons. The Hall–Kier alpha value is -1.83. The predicted molar refractivity (Wildman–Crippen MR) is 58.0 cm³/mol. The Kier molecular flexibility index (Phi) is 4.27. The fraction of sp³-hybridized carbons (Fsp3) is 0.222. The average Bonchev–Trinajstić information content (AvgIpc) is 2.26. The number of carboxylic acid groups (broad SMARTS) is 1. The summed E-state index contributed by atoms with van der Waals surface area (Å²) in [5, 5.41) is 19.0. The summed E-state index contributed by atoms with van der Waals surface area (Å²) in [4.78, 5) is 20.1. The highest BCUT2D eigenvalue weighted by Crippen LogP contribution is 2.34. The molecule has 0 aliphatic carbocycles. The summed E-state index contributed by atoms with van der Waals surface area (Å²) < 4.78 is 18.1. The molecule has 0 heterocycles. The van der Waals surface area contributed by atoms with E-state index >= 15 is 0 Å². The van der Waals surface area contributed by atoms with Gasteiger partial charge in [-0.15, -0.1) is 11.8 Å². The number of hydrogen-bond acceptors (Lipinski definition) is 5. The van der Waals surface area contributed by atoms with Gasteiger partial charge >= 0.3 is 11.7 Å². The molecule has 0 atom stereocenters. The molecule has 0 fully saturated rings. The predicted octanol–water partition coefficient (Wildman–Crippen LogP) is 1.92. The van der Waals surface area contributed by atoms with Gasteiger partial charge in [0.15, 0.2) is 5.75 Å². The molecule has 1 aromatic rings. The van der Waals surface area contributed by atoms with Crippen LogP contribution in [-0.2, 0) is 4.79 Å². The van der Waals surface area contributed by atoms with Gasteiger partial charge in [-0.3, -0.25) is 14.9 Å². The van der Waals surface area contributed by atoms with Crippen molar-refractivity contribution in [2.24, 2.45) is 0 Å². The Morgan fingerprint density at radius 2 is 2.29 bits per heavy atom. The Morgan fingerprint density at radius 1 is 1.65 bits per heavy atom. The van der Waals surface area contributed by atoms with Gasteiger partial charge in [0.25, 0.3) is 0 Å². The van der Waals surface area contributed by atoms with E-state index in [4.69, 9.17) is 9.84 Å². The van der Waals surface area contributed by atoms with Gasteiger partial charge in [-0.05, 0) is 0 Å². The third-order valence-electron chi connectivity index (χ3n) is 1.78. The van der Waals surface area contributed by atoms with Gasteiger partial charge in [-0.1, -0.05) is 0 Å². The first-order chi connectivity index (χ1) is 7.95. The summed E-state index contributed by atoms with van der Waals surface area (Å²) in [5.41, 5.74) is -0.496. The van der Waals surface area contributed by atoms with Crippen LogP contribution in [0, 0.1) is 15.9 Å². The number of thioether (sulfide) groups is 1. The lowest BCUT2D eigenvalue weighted by molar-refractivity contribution is -0.386. The molecule has 0 bridgehead atoms. The lowest BCUT2D eigenvalue weighted by atomic mass is 10.3. The fourth-order valence-corrected chi connectivity index (χ4v) is 1.75. The number of benzene rings is 1. The van der Waals surface area contributed by atoms with Crippen LogP contribution in [0.4, 0.5) is 10.1 Å². The minimum absolute atomic E-state index is 0.00477. The molecule has 0 aliphatic rings. The van der Waals surface area contributed by atoms with Gasteiger partial charge in [0.1, 0.15) is 5.82 Å². The molecule has 0 unspecified atom stereocenters. The average molecular weight is 261 g/mol. The minimum Gasteiger partial charge on any atom is -0.490 e. The van der Waals surface area contributed by atoms with E-state index in [0.717, 1.165) is 17.8 Å². The summed E-state index contributed by atoms with van der Waals surface area (Å²) in [5.74, 6) is -2.39. The van der Waals surface area contributed by atoms with Crippen LogP contribution in [0.1, 0.15) is 0 Å². The molecule has 0 aromatic heterocycles. The Morgan fingerprint density at radius 3 is 2.76 bits per heavy atom. The summed E-state index contributed by atoms with van der Waals surface area (Å²) in [6, 6.07) is 1.82. The minimum atomic E-state index is -1.10. The van der Waals surface area contributed by atoms with Gasteiger partial charge in [0.2, 0.25) is 0 Å². The van der Waals surface area contributed by atoms with Gasteiger partial charge in [0, 0.05) is 11.0 Å². The van der Waals surface area contributed by atoms with Crippen LogP contribution >= 0.6 is 11.8 Å². The normalized spacial score (nSPS) is 10.0. The lowest BCUT2D eigenvalue weighted by Crippen LogP contribution is -2.00. The third kappa shape index (κ3) is 3.31. The van der Waals surface area contributed by atoms with Gasteiger partial charge in [0.05, 0.1) is 23.9 Å². The van der Waals surface area contributed by atoms with Gasteiger partial charge < -0.3 is 9.84 Å². The summed E-state index contributed by atoms with van der Waals surface area (Å²) in [6.45, 7) is 0. The van der Waals surface area contributed by atoms with Gasteiger partial charge in [-0.25, -0.2) is 4.39 Å². The number of carbonyl (C=O) groups is 1. The van der Waals surface area contributed by atoms with Crippen molar-refractivity contribution in [3.8, 4) is 5.75 Å². The molecular formula is C9H8FNO5S. The van der Waals surface area contributed by atoms with E-state index in [2.05, 4.69) is 0 Å². The number of nitro groups is 1. The van der Waals surface area contributed by atoms with E-state index in [9.17, 15) is 19.3 Å². The van der Waals surface area contributed by atoms with E-state index in [1.807, 2.05) is 0 Å². The largest absolute Gasteiger partial charge is 0.490 e. The SMILES string of the molecule is COc1cc(SCC(=O)O)c(F)cc1[N+](=O)[O-]. The highest BCUT2D eigenvalue weighted by molar-refractivity contribution is 8.00. The molecule has 1 N–H and O–H groups in total. The van der Waals surface area contributed by atoms with Crippen LogP contribution in [0.2, 0.25) is 0 Å². The van der Waals surface area contributed by atoms with Crippen LogP contribution in [0.3, 0.4) is 0 Å². The molecule has 0 saturated carbocycles. The first-order valence-electron chi connectivity index (χ1n) is 4.32. The molecule has 0 aliphatic heterocycles. The molecule has 0 spiro atoms. The van der Waals surface area contributed by atoms with E-state index < -0.39 is 22.4 Å². The summed E-state index contributed by atoms with van der Waals surface area (Å²) in [7, 11) is 1.21. The molecule has 1 rings (SSSR count). The van der Waals surface area contributed by atoms with Crippen molar-refractivity contribution >= 4 is 23.4 Å². The highest BCUT2D eigenvalue weighted by atomic mass is 32.2. The molecule has 17 heavy (non-hydrogen) atoms. The number of ether oxygens (including phenoxy) is 1. The van der Waals surface area contributed by atoms with Gasteiger partial charge in [-0.2, -0.15) is 0 Å².